The Hall–Kier alpha value is -2.12. The van der Waals surface area contributed by atoms with Crippen molar-refractivity contribution in [3.05, 3.63) is 34.9 Å². The number of nitrogens with two attached hydrogens (primary N) is 1. The number of amidine groups is 1. The van der Waals surface area contributed by atoms with Crippen LogP contribution in [0.25, 0.3) is 0 Å². The molecule has 0 radical (unpaired) electrons. The van der Waals surface area contributed by atoms with Crippen molar-refractivity contribution in [2.75, 3.05) is 14.2 Å². The van der Waals surface area contributed by atoms with E-state index in [9.17, 15) is 10.5 Å². The molecular weight excluding hydrogens is 316 g/mol. The molecule has 2 aliphatic rings. The highest BCUT2D eigenvalue weighted by Gasteiger charge is 2.99. The zero-order chi connectivity index (χ0) is 17.1. The number of aliphatic imine (C=N–C) groups is 1. The van der Waals surface area contributed by atoms with Crippen molar-refractivity contribution in [2.45, 2.75) is 18.2 Å². The molecule has 118 valence electrons. The summed E-state index contributed by atoms with van der Waals surface area (Å²) in [5.74, 6) is -1.61. The zero-order valence-corrected chi connectivity index (χ0v) is 13.7. The number of fused-ring (bicyclic) bond motifs is 1. The summed E-state index contributed by atoms with van der Waals surface area (Å²) in [6.07, 6.45) is 0. The molecule has 6 nitrogen and oxygen atoms in total. The molecule has 0 bridgehead atoms. The topological polar surface area (TPSA) is 104 Å². The minimum absolute atomic E-state index is 0.0349. The zero-order valence-electron chi connectivity index (χ0n) is 12.9. The van der Waals surface area contributed by atoms with Gasteiger partial charge in [0.25, 0.3) is 5.91 Å². The van der Waals surface area contributed by atoms with Gasteiger partial charge < -0.3 is 15.2 Å². The fraction of sp³-hybridized carbons (Fsp3) is 0.438. The maximum atomic E-state index is 10.0. The minimum atomic E-state index is -1.64. The summed E-state index contributed by atoms with van der Waals surface area (Å²) in [5, 5.41) is 20.4. The highest BCUT2D eigenvalue weighted by molar-refractivity contribution is 6.30. The summed E-state index contributed by atoms with van der Waals surface area (Å²) in [6.45, 7) is 1.79. The van der Waals surface area contributed by atoms with E-state index >= 15 is 0 Å². The highest BCUT2D eigenvalue weighted by atomic mass is 35.5. The van der Waals surface area contributed by atoms with Crippen LogP contribution in [-0.2, 0) is 14.9 Å². The molecule has 1 heterocycles. The number of methoxy groups -OCH3 is 2. The molecule has 0 saturated heterocycles. The summed E-state index contributed by atoms with van der Waals surface area (Å²) in [6, 6.07) is 11.5. The average molecular weight is 331 g/mol. The number of benzene rings is 1. The third-order valence-corrected chi connectivity index (χ3v) is 5.65. The van der Waals surface area contributed by atoms with E-state index in [4.69, 9.17) is 26.8 Å². The molecule has 3 atom stereocenters. The Morgan fingerprint density at radius 2 is 1.87 bits per heavy atom. The van der Waals surface area contributed by atoms with E-state index in [0.717, 1.165) is 0 Å². The molecule has 1 aromatic rings. The molecule has 1 aliphatic carbocycles. The van der Waals surface area contributed by atoms with Crippen molar-refractivity contribution in [3.8, 4) is 12.1 Å². The van der Waals surface area contributed by atoms with Crippen LogP contribution >= 0.6 is 11.6 Å². The number of hydrogen-bond acceptors (Lipinski definition) is 6. The Morgan fingerprint density at radius 3 is 2.35 bits per heavy atom. The second-order valence-corrected chi connectivity index (χ2v) is 6.28. The molecule has 0 spiro atoms. The molecule has 7 heteroatoms. The van der Waals surface area contributed by atoms with Gasteiger partial charge in [-0.25, -0.2) is 4.99 Å². The molecule has 0 unspecified atom stereocenters. The van der Waals surface area contributed by atoms with Gasteiger partial charge in [0, 0.05) is 24.7 Å². The first-order valence-corrected chi connectivity index (χ1v) is 7.30. The van der Waals surface area contributed by atoms with E-state index in [1.165, 1.54) is 14.2 Å². The first kappa shape index (κ1) is 15.8. The molecule has 23 heavy (non-hydrogen) atoms. The Labute approximate surface area is 139 Å². The lowest BCUT2D eigenvalue weighted by Gasteiger charge is -2.32. The van der Waals surface area contributed by atoms with Crippen LogP contribution in [0.15, 0.2) is 29.3 Å². The van der Waals surface area contributed by atoms with Crippen molar-refractivity contribution >= 4 is 17.4 Å². The van der Waals surface area contributed by atoms with Gasteiger partial charge in [-0.3, -0.25) is 0 Å². The van der Waals surface area contributed by atoms with E-state index in [-0.39, 0.29) is 5.84 Å². The number of nitriles is 2. The molecular formula is C16H15ClN4O2. The van der Waals surface area contributed by atoms with Crippen molar-refractivity contribution in [2.24, 2.45) is 21.6 Å². The molecule has 1 aromatic carbocycles. The maximum Gasteiger partial charge on any atom is 0.293 e. The summed E-state index contributed by atoms with van der Waals surface area (Å²) in [4.78, 5) is 4.19. The lowest BCUT2D eigenvalue weighted by atomic mass is 9.84. The molecule has 3 rings (SSSR count). The average Bonchev–Trinajstić information content (AvgIpc) is 2.97. The van der Waals surface area contributed by atoms with Gasteiger partial charge in [0.15, 0.2) is 10.8 Å². The van der Waals surface area contributed by atoms with E-state index < -0.39 is 22.2 Å². The van der Waals surface area contributed by atoms with Crippen LogP contribution in [0, 0.1) is 33.5 Å². The number of nitrogens with zero attached hydrogens (tertiary/aromatic N) is 3. The van der Waals surface area contributed by atoms with Crippen LogP contribution in [0.2, 0.25) is 5.02 Å². The summed E-state index contributed by atoms with van der Waals surface area (Å²) in [7, 11) is 2.76. The number of ether oxygens (including phenoxy) is 2. The smallest absolute Gasteiger partial charge is 0.293 e. The van der Waals surface area contributed by atoms with Gasteiger partial charge in [0.05, 0.1) is 12.1 Å². The van der Waals surface area contributed by atoms with Crippen molar-refractivity contribution < 1.29 is 9.47 Å². The fourth-order valence-corrected chi connectivity index (χ4v) is 4.47. The van der Waals surface area contributed by atoms with Gasteiger partial charge in [-0.1, -0.05) is 30.7 Å². The predicted molar refractivity (Wildman–Crippen MR) is 83.3 cm³/mol. The standard InChI is InChI=1S/C16H15ClN4O2/c1-13(10-5-4-6-11(17)7-10)14(8-18)12(20)21-16(22-2,23-3)15(13,14)9-19/h4-7H,1-3H3,(H2,20,21)/t13-,14-,15+/m0/s1. The van der Waals surface area contributed by atoms with E-state index in [1.54, 1.807) is 25.1 Å². The lowest BCUT2D eigenvalue weighted by Crippen LogP contribution is -2.44. The summed E-state index contributed by atoms with van der Waals surface area (Å²) in [5.41, 5.74) is 3.09. The van der Waals surface area contributed by atoms with Gasteiger partial charge in [0.2, 0.25) is 0 Å². The maximum absolute atomic E-state index is 10.0. The molecule has 2 N–H and O–H groups in total. The fourth-order valence-electron chi connectivity index (χ4n) is 4.28. The van der Waals surface area contributed by atoms with Crippen LogP contribution in [0.5, 0.6) is 0 Å². The summed E-state index contributed by atoms with van der Waals surface area (Å²) < 4.78 is 10.9. The first-order chi connectivity index (χ1) is 10.9. The van der Waals surface area contributed by atoms with Crippen LogP contribution in [-0.4, -0.2) is 26.0 Å². The van der Waals surface area contributed by atoms with Gasteiger partial charge in [0.1, 0.15) is 5.84 Å². The SMILES string of the molecule is COC1(OC)N=C(N)[C@@]2(C#N)[C@](C)(c3cccc(Cl)c3)[C@@]12C#N. The Kier molecular flexibility index (Phi) is 3.05. The van der Waals surface area contributed by atoms with Gasteiger partial charge >= 0.3 is 0 Å². The van der Waals surface area contributed by atoms with Crippen LogP contribution in [0.3, 0.4) is 0 Å². The normalized spacial score (nSPS) is 36.5. The Bertz CT molecular complexity index is 807. The van der Waals surface area contributed by atoms with Gasteiger partial charge in [-0.05, 0) is 17.7 Å². The van der Waals surface area contributed by atoms with Crippen LogP contribution in [0.1, 0.15) is 12.5 Å². The molecule has 0 aromatic heterocycles. The van der Waals surface area contributed by atoms with Gasteiger partial charge in [-0.2, -0.15) is 10.5 Å². The van der Waals surface area contributed by atoms with Crippen LogP contribution < -0.4 is 5.73 Å². The third-order valence-electron chi connectivity index (χ3n) is 5.42. The lowest BCUT2D eigenvalue weighted by molar-refractivity contribution is -0.233. The molecule has 1 fully saturated rings. The van der Waals surface area contributed by atoms with E-state index in [1.807, 2.05) is 6.07 Å². The second kappa shape index (κ2) is 4.46. The molecule has 1 aliphatic heterocycles. The minimum Gasteiger partial charge on any atom is -0.386 e. The van der Waals surface area contributed by atoms with Crippen molar-refractivity contribution in [1.29, 1.82) is 10.5 Å². The quantitative estimate of drug-likeness (QED) is 0.853. The number of halogens is 1. The highest BCUT2D eigenvalue weighted by Crippen LogP contribution is 2.85. The van der Waals surface area contributed by atoms with Gasteiger partial charge in [-0.15, -0.1) is 0 Å². The molecule has 1 saturated carbocycles. The van der Waals surface area contributed by atoms with E-state index in [0.29, 0.717) is 10.6 Å². The Balaban J connectivity index is 2.36. The first-order valence-electron chi connectivity index (χ1n) is 6.92. The number of rotatable bonds is 3. The largest absolute Gasteiger partial charge is 0.386 e. The predicted octanol–water partition coefficient (Wildman–Crippen LogP) is 1.95. The third kappa shape index (κ3) is 1.27. The van der Waals surface area contributed by atoms with Crippen LogP contribution in [0.4, 0.5) is 0 Å². The van der Waals surface area contributed by atoms with Crippen molar-refractivity contribution in [3.63, 3.8) is 0 Å². The number of hydrogen-bond donors (Lipinski definition) is 1. The Morgan fingerprint density at radius 1 is 1.22 bits per heavy atom. The second-order valence-electron chi connectivity index (χ2n) is 5.85. The van der Waals surface area contributed by atoms with E-state index in [2.05, 4.69) is 17.1 Å². The summed E-state index contributed by atoms with van der Waals surface area (Å²) >= 11 is 6.10. The molecule has 0 amide bonds. The van der Waals surface area contributed by atoms with Crippen molar-refractivity contribution in [1.82, 2.24) is 0 Å². The monoisotopic (exact) mass is 330 g/mol.